The smallest absolute Gasteiger partial charge is 0.246 e. The van der Waals surface area contributed by atoms with Gasteiger partial charge in [-0.25, -0.2) is 0 Å². The topological polar surface area (TPSA) is 37.4 Å². The van der Waals surface area contributed by atoms with E-state index in [1.165, 1.54) is 12.2 Å². The summed E-state index contributed by atoms with van der Waals surface area (Å²) in [4.78, 5) is 25.6. The average molecular weight is 358 g/mol. The van der Waals surface area contributed by atoms with E-state index in [4.69, 9.17) is 0 Å². The maximum absolute atomic E-state index is 12.0. The van der Waals surface area contributed by atoms with Crippen LogP contribution in [0.4, 0.5) is 0 Å². The molecule has 0 unspecified atom stereocenters. The summed E-state index contributed by atoms with van der Waals surface area (Å²) in [6.45, 7) is 0.510. The predicted octanol–water partition coefficient (Wildman–Crippen LogP) is 3.85. The second-order valence-corrected chi connectivity index (χ2v) is 5.80. The molecule has 0 aromatic heterocycles. The third-order valence-corrected chi connectivity index (χ3v) is 3.67. The Morgan fingerprint density at radius 2 is 1.64 bits per heavy atom. The number of allylic oxidation sites excluding steroid dienone is 1. The second kappa shape index (κ2) is 7.71. The van der Waals surface area contributed by atoms with E-state index in [-0.39, 0.29) is 11.7 Å². The van der Waals surface area contributed by atoms with Crippen molar-refractivity contribution in [3.05, 3.63) is 82.3 Å². The van der Waals surface area contributed by atoms with Crippen LogP contribution in [0.1, 0.15) is 15.9 Å². The van der Waals surface area contributed by atoms with Crippen LogP contribution in [0.25, 0.3) is 0 Å². The highest BCUT2D eigenvalue weighted by Crippen LogP contribution is 2.11. The Labute approximate surface area is 138 Å². The molecule has 0 radical (unpaired) electrons. The summed E-state index contributed by atoms with van der Waals surface area (Å²) >= 11 is 3.32. The molecule has 2 rings (SSSR count). The number of likely N-dealkylation sites (N-methyl/N-ethyl adjacent to an activating group) is 1. The van der Waals surface area contributed by atoms with Crippen LogP contribution in [-0.4, -0.2) is 23.6 Å². The molecule has 0 aliphatic rings. The summed E-state index contributed by atoms with van der Waals surface area (Å²) in [6, 6.07) is 16.7. The molecule has 22 heavy (non-hydrogen) atoms. The molecule has 0 bridgehead atoms. The molecule has 0 fully saturated rings. The third-order valence-electron chi connectivity index (χ3n) is 3.14. The van der Waals surface area contributed by atoms with E-state index in [0.29, 0.717) is 12.1 Å². The molecule has 3 nitrogen and oxygen atoms in total. The molecule has 0 heterocycles. The van der Waals surface area contributed by atoms with Gasteiger partial charge in [0.05, 0.1) is 0 Å². The number of hydrogen-bond acceptors (Lipinski definition) is 2. The number of amides is 1. The van der Waals surface area contributed by atoms with Gasteiger partial charge in [-0.1, -0.05) is 46.3 Å². The maximum Gasteiger partial charge on any atom is 0.246 e. The molecule has 2 aromatic rings. The van der Waals surface area contributed by atoms with Gasteiger partial charge in [-0.2, -0.15) is 0 Å². The minimum absolute atomic E-state index is 0.186. The van der Waals surface area contributed by atoms with Gasteiger partial charge in [-0.05, 0) is 35.9 Å². The summed E-state index contributed by atoms with van der Waals surface area (Å²) in [5.41, 5.74) is 1.60. The van der Waals surface area contributed by atoms with Crippen LogP contribution >= 0.6 is 15.9 Å². The fourth-order valence-corrected chi connectivity index (χ4v) is 2.18. The van der Waals surface area contributed by atoms with E-state index >= 15 is 0 Å². The largest absolute Gasteiger partial charge is 0.338 e. The Hall–Kier alpha value is -2.20. The van der Waals surface area contributed by atoms with Crippen molar-refractivity contribution in [3.63, 3.8) is 0 Å². The fourth-order valence-electron chi connectivity index (χ4n) is 1.92. The van der Waals surface area contributed by atoms with Crippen molar-refractivity contribution in [1.82, 2.24) is 4.90 Å². The first kappa shape index (κ1) is 16.2. The summed E-state index contributed by atoms with van der Waals surface area (Å²) in [7, 11) is 1.71. The van der Waals surface area contributed by atoms with Gasteiger partial charge in [0.15, 0.2) is 5.78 Å². The van der Waals surface area contributed by atoms with Crippen LogP contribution in [-0.2, 0) is 11.3 Å². The first-order valence-electron chi connectivity index (χ1n) is 6.83. The molecule has 2 aromatic carbocycles. The first-order chi connectivity index (χ1) is 10.6. The van der Waals surface area contributed by atoms with Gasteiger partial charge >= 0.3 is 0 Å². The van der Waals surface area contributed by atoms with E-state index in [1.807, 2.05) is 30.3 Å². The number of benzene rings is 2. The van der Waals surface area contributed by atoms with Crippen LogP contribution in [0.2, 0.25) is 0 Å². The Balaban J connectivity index is 1.95. The molecule has 0 saturated heterocycles. The molecule has 0 aliphatic carbocycles. The van der Waals surface area contributed by atoms with Gasteiger partial charge in [0, 0.05) is 29.7 Å². The zero-order valence-electron chi connectivity index (χ0n) is 12.2. The van der Waals surface area contributed by atoms with Crippen molar-refractivity contribution in [2.24, 2.45) is 0 Å². The van der Waals surface area contributed by atoms with Gasteiger partial charge in [0.2, 0.25) is 5.91 Å². The SMILES string of the molecule is CN(Cc1ccccc1)C(=O)/C=C/C(=O)c1ccc(Br)cc1. The van der Waals surface area contributed by atoms with Crippen LogP contribution in [0.15, 0.2) is 71.2 Å². The van der Waals surface area contributed by atoms with Crippen molar-refractivity contribution in [2.75, 3.05) is 7.05 Å². The van der Waals surface area contributed by atoms with Gasteiger partial charge in [-0.3, -0.25) is 9.59 Å². The fraction of sp³-hybridized carbons (Fsp3) is 0.111. The summed E-state index contributed by atoms with van der Waals surface area (Å²) in [5, 5.41) is 0. The van der Waals surface area contributed by atoms with E-state index in [1.54, 1.807) is 36.2 Å². The molecule has 0 saturated carbocycles. The standard InChI is InChI=1S/C18H16BrNO2/c1-20(13-14-5-3-2-4-6-14)18(22)12-11-17(21)15-7-9-16(19)10-8-15/h2-12H,13H2,1H3/b12-11+. The quantitative estimate of drug-likeness (QED) is 0.602. The van der Waals surface area contributed by atoms with E-state index in [2.05, 4.69) is 15.9 Å². The average Bonchev–Trinajstić information content (AvgIpc) is 2.53. The van der Waals surface area contributed by atoms with E-state index < -0.39 is 0 Å². The number of nitrogens with zero attached hydrogens (tertiary/aromatic N) is 1. The highest BCUT2D eigenvalue weighted by atomic mass is 79.9. The number of halogens is 1. The van der Waals surface area contributed by atoms with Crippen molar-refractivity contribution in [1.29, 1.82) is 0 Å². The monoisotopic (exact) mass is 357 g/mol. The predicted molar refractivity (Wildman–Crippen MR) is 90.5 cm³/mol. The van der Waals surface area contributed by atoms with Gasteiger partial charge < -0.3 is 4.90 Å². The Morgan fingerprint density at radius 1 is 1.00 bits per heavy atom. The lowest BCUT2D eigenvalue weighted by Crippen LogP contribution is -2.24. The van der Waals surface area contributed by atoms with Gasteiger partial charge in [0.25, 0.3) is 0 Å². The number of carbonyl (C=O) groups is 2. The molecule has 112 valence electrons. The zero-order chi connectivity index (χ0) is 15.9. The minimum Gasteiger partial charge on any atom is -0.338 e. The third kappa shape index (κ3) is 4.67. The van der Waals surface area contributed by atoms with E-state index in [0.717, 1.165) is 10.0 Å². The van der Waals surface area contributed by atoms with Crippen LogP contribution in [0.3, 0.4) is 0 Å². The lowest BCUT2D eigenvalue weighted by atomic mass is 10.1. The lowest BCUT2D eigenvalue weighted by molar-refractivity contribution is -0.125. The Morgan fingerprint density at radius 3 is 2.27 bits per heavy atom. The van der Waals surface area contributed by atoms with Crippen LogP contribution < -0.4 is 0 Å². The van der Waals surface area contributed by atoms with Crippen molar-refractivity contribution < 1.29 is 9.59 Å². The van der Waals surface area contributed by atoms with E-state index in [9.17, 15) is 9.59 Å². The Kier molecular flexibility index (Phi) is 5.67. The number of rotatable bonds is 5. The maximum atomic E-state index is 12.0. The first-order valence-corrected chi connectivity index (χ1v) is 7.62. The normalized spacial score (nSPS) is 10.6. The molecular weight excluding hydrogens is 342 g/mol. The second-order valence-electron chi connectivity index (χ2n) is 4.88. The molecule has 0 spiro atoms. The molecule has 4 heteroatoms. The minimum atomic E-state index is -0.200. The molecule has 0 atom stereocenters. The number of carbonyl (C=O) groups excluding carboxylic acids is 2. The number of ketones is 1. The number of hydrogen-bond donors (Lipinski definition) is 0. The molecule has 0 N–H and O–H groups in total. The Bertz CT molecular complexity index is 678. The van der Waals surface area contributed by atoms with Crippen molar-refractivity contribution >= 4 is 27.6 Å². The molecule has 0 aliphatic heterocycles. The van der Waals surface area contributed by atoms with Gasteiger partial charge in [0.1, 0.15) is 0 Å². The summed E-state index contributed by atoms with van der Waals surface area (Å²) < 4.78 is 0.909. The highest BCUT2D eigenvalue weighted by Gasteiger charge is 2.07. The summed E-state index contributed by atoms with van der Waals surface area (Å²) in [5.74, 6) is -0.386. The molecule has 1 amide bonds. The van der Waals surface area contributed by atoms with Crippen LogP contribution in [0, 0.1) is 0 Å². The molecular formula is C18H16BrNO2. The zero-order valence-corrected chi connectivity index (χ0v) is 13.8. The van der Waals surface area contributed by atoms with Gasteiger partial charge in [-0.15, -0.1) is 0 Å². The van der Waals surface area contributed by atoms with Crippen molar-refractivity contribution in [3.8, 4) is 0 Å². The van der Waals surface area contributed by atoms with Crippen molar-refractivity contribution in [2.45, 2.75) is 6.54 Å². The lowest BCUT2D eigenvalue weighted by Gasteiger charge is -2.14. The summed E-state index contributed by atoms with van der Waals surface area (Å²) in [6.07, 6.45) is 2.63. The highest BCUT2D eigenvalue weighted by molar-refractivity contribution is 9.10. The van der Waals surface area contributed by atoms with Crippen LogP contribution in [0.5, 0.6) is 0 Å².